The fraction of sp³-hybridized carbons (Fsp3) is 0.333. The van der Waals surface area contributed by atoms with Crippen molar-refractivity contribution in [2.24, 2.45) is 0 Å². The zero-order valence-electron chi connectivity index (χ0n) is 15.2. The van der Waals surface area contributed by atoms with Crippen molar-refractivity contribution >= 4 is 44.8 Å². The van der Waals surface area contributed by atoms with Gasteiger partial charge >= 0.3 is 5.97 Å². The van der Waals surface area contributed by atoms with Crippen LogP contribution in [0.4, 0.5) is 5.69 Å². The van der Waals surface area contributed by atoms with Gasteiger partial charge in [0, 0.05) is 16.1 Å². The van der Waals surface area contributed by atoms with E-state index in [9.17, 15) is 4.79 Å². The maximum atomic E-state index is 12.4. The Morgan fingerprint density at radius 3 is 2.70 bits per heavy atom. The van der Waals surface area contributed by atoms with Crippen LogP contribution < -0.4 is 5.73 Å². The van der Waals surface area contributed by atoms with E-state index in [0.717, 1.165) is 52.7 Å². The van der Waals surface area contributed by atoms with E-state index in [2.05, 4.69) is 0 Å². The molecule has 1 aromatic carbocycles. The van der Waals surface area contributed by atoms with Crippen LogP contribution in [0.3, 0.4) is 0 Å². The van der Waals surface area contributed by atoms with Gasteiger partial charge in [0.2, 0.25) is 0 Å². The summed E-state index contributed by atoms with van der Waals surface area (Å²) >= 11 is 7.43. The number of thiophene rings is 1. The topological polar surface area (TPSA) is 65.2 Å². The summed E-state index contributed by atoms with van der Waals surface area (Å²) in [5.74, 6) is -0.379. The molecule has 0 fully saturated rings. The van der Waals surface area contributed by atoms with Crippen molar-refractivity contribution in [3.8, 4) is 11.1 Å². The molecule has 0 saturated heterocycles. The second kappa shape index (κ2) is 7.49. The summed E-state index contributed by atoms with van der Waals surface area (Å²) in [4.78, 5) is 18.5. The third-order valence-electron chi connectivity index (χ3n) is 5.00. The molecule has 6 heteroatoms. The van der Waals surface area contributed by atoms with E-state index < -0.39 is 0 Å². The van der Waals surface area contributed by atoms with Gasteiger partial charge in [-0.05, 0) is 61.4 Å². The summed E-state index contributed by atoms with van der Waals surface area (Å²) in [5.41, 5.74) is 11.5. The number of fused-ring (bicyclic) bond motifs is 2. The molecule has 1 aliphatic rings. The lowest BCUT2D eigenvalue weighted by atomic mass is 9.93. The van der Waals surface area contributed by atoms with E-state index >= 15 is 0 Å². The van der Waals surface area contributed by atoms with Gasteiger partial charge in [-0.2, -0.15) is 0 Å². The number of anilines is 1. The molecule has 3 aromatic rings. The second-order valence-electron chi connectivity index (χ2n) is 6.73. The van der Waals surface area contributed by atoms with Crippen molar-refractivity contribution in [1.29, 1.82) is 0 Å². The smallest absolute Gasteiger partial charge is 0.350 e. The van der Waals surface area contributed by atoms with Crippen molar-refractivity contribution in [2.75, 3.05) is 12.3 Å². The minimum absolute atomic E-state index is 0.320. The lowest BCUT2D eigenvalue weighted by Crippen LogP contribution is -2.05. The first-order valence-electron chi connectivity index (χ1n) is 9.27. The molecule has 0 radical (unpaired) electrons. The standard InChI is InChI=1S/C21H21ClN2O2S/c1-2-26-21(25)19-18(23)17-16(12-8-10-13(22)11-9-12)14-6-4-3-5-7-15(14)24-20(17)27-19/h8-11H,2-7,23H2,1H3. The van der Waals surface area contributed by atoms with Crippen LogP contribution in [-0.4, -0.2) is 17.6 Å². The molecule has 0 saturated carbocycles. The molecule has 140 valence electrons. The molecule has 0 aliphatic heterocycles. The molecule has 1 aliphatic carbocycles. The number of hydrogen-bond acceptors (Lipinski definition) is 5. The van der Waals surface area contributed by atoms with Gasteiger partial charge < -0.3 is 10.5 Å². The Hall–Kier alpha value is -2.11. The Kier molecular flexibility index (Phi) is 5.06. The average Bonchev–Trinajstić information content (AvgIpc) is 2.83. The maximum Gasteiger partial charge on any atom is 0.350 e. The Balaban J connectivity index is 2.02. The van der Waals surface area contributed by atoms with Gasteiger partial charge in [0.1, 0.15) is 9.71 Å². The lowest BCUT2D eigenvalue weighted by molar-refractivity contribution is 0.0533. The number of nitrogens with two attached hydrogens (primary N) is 1. The van der Waals surface area contributed by atoms with Crippen molar-refractivity contribution in [1.82, 2.24) is 4.98 Å². The number of halogens is 1. The Morgan fingerprint density at radius 1 is 1.22 bits per heavy atom. The van der Waals surface area contributed by atoms with E-state index in [1.165, 1.54) is 23.3 Å². The molecule has 2 heterocycles. The number of carbonyl (C=O) groups is 1. The minimum Gasteiger partial charge on any atom is -0.462 e. The van der Waals surface area contributed by atoms with Crippen molar-refractivity contribution in [2.45, 2.75) is 39.0 Å². The third-order valence-corrected chi connectivity index (χ3v) is 6.33. The molecule has 0 bridgehead atoms. The largest absolute Gasteiger partial charge is 0.462 e. The van der Waals surface area contributed by atoms with Crippen molar-refractivity contribution in [3.05, 3.63) is 45.4 Å². The van der Waals surface area contributed by atoms with Crippen LogP contribution in [0.15, 0.2) is 24.3 Å². The third kappa shape index (κ3) is 3.30. The van der Waals surface area contributed by atoms with E-state index in [1.807, 2.05) is 24.3 Å². The Bertz CT molecular complexity index is 1010. The predicted octanol–water partition coefficient (Wildman–Crippen LogP) is 5.64. The van der Waals surface area contributed by atoms with Gasteiger partial charge in [-0.25, -0.2) is 9.78 Å². The quantitative estimate of drug-likeness (QED) is 0.456. The predicted molar refractivity (Wildman–Crippen MR) is 112 cm³/mol. The number of carbonyl (C=O) groups excluding carboxylic acids is 1. The first-order valence-corrected chi connectivity index (χ1v) is 10.5. The monoisotopic (exact) mass is 400 g/mol. The van der Waals surface area contributed by atoms with Gasteiger partial charge in [0.25, 0.3) is 0 Å². The first kappa shape index (κ1) is 18.3. The van der Waals surface area contributed by atoms with Crippen LogP contribution in [0.5, 0.6) is 0 Å². The van der Waals surface area contributed by atoms with Gasteiger partial charge in [0.15, 0.2) is 0 Å². The number of hydrogen-bond donors (Lipinski definition) is 1. The molecule has 4 nitrogen and oxygen atoms in total. The van der Waals surface area contributed by atoms with E-state index in [1.54, 1.807) is 6.92 Å². The average molecular weight is 401 g/mol. The fourth-order valence-corrected chi connectivity index (χ4v) is 4.91. The van der Waals surface area contributed by atoms with Crippen molar-refractivity contribution in [3.63, 3.8) is 0 Å². The lowest BCUT2D eigenvalue weighted by Gasteiger charge is -2.15. The summed E-state index contributed by atoms with van der Waals surface area (Å²) in [7, 11) is 0. The summed E-state index contributed by atoms with van der Waals surface area (Å²) in [6.07, 6.45) is 5.40. The van der Waals surface area contributed by atoms with E-state index in [4.69, 9.17) is 27.1 Å². The van der Waals surface area contributed by atoms with Gasteiger partial charge in [0.05, 0.1) is 12.3 Å². The highest BCUT2D eigenvalue weighted by Gasteiger charge is 2.25. The van der Waals surface area contributed by atoms with Crippen LogP contribution in [0.1, 0.15) is 47.1 Å². The van der Waals surface area contributed by atoms with Crippen LogP contribution in [-0.2, 0) is 17.6 Å². The normalized spacial score (nSPS) is 14.0. The number of aromatic nitrogens is 1. The number of esters is 1. The van der Waals surface area contributed by atoms with Crippen LogP contribution >= 0.6 is 22.9 Å². The molecule has 2 N–H and O–H groups in total. The number of nitrogen functional groups attached to an aromatic ring is 1. The minimum atomic E-state index is -0.379. The molecule has 4 rings (SSSR count). The summed E-state index contributed by atoms with van der Waals surface area (Å²) in [5, 5.41) is 1.56. The van der Waals surface area contributed by atoms with Crippen LogP contribution in [0.25, 0.3) is 21.3 Å². The van der Waals surface area contributed by atoms with Gasteiger partial charge in [-0.3, -0.25) is 0 Å². The van der Waals surface area contributed by atoms with Crippen LogP contribution in [0, 0.1) is 0 Å². The zero-order valence-corrected chi connectivity index (χ0v) is 16.8. The highest BCUT2D eigenvalue weighted by Crippen LogP contribution is 2.43. The van der Waals surface area contributed by atoms with Gasteiger partial charge in [-0.1, -0.05) is 30.2 Å². The number of pyridine rings is 1. The van der Waals surface area contributed by atoms with E-state index in [0.29, 0.717) is 22.2 Å². The number of nitrogens with zero attached hydrogens (tertiary/aromatic N) is 1. The second-order valence-corrected chi connectivity index (χ2v) is 8.16. The van der Waals surface area contributed by atoms with Gasteiger partial charge in [-0.15, -0.1) is 11.3 Å². The fourth-order valence-electron chi connectivity index (χ4n) is 3.77. The SMILES string of the molecule is CCOC(=O)c1sc2nc3c(c(-c4ccc(Cl)cc4)c2c1N)CCCCC3. The highest BCUT2D eigenvalue weighted by atomic mass is 35.5. The summed E-state index contributed by atoms with van der Waals surface area (Å²) < 4.78 is 5.19. The first-order chi connectivity index (χ1) is 13.1. The molecule has 0 unspecified atom stereocenters. The molecule has 2 aromatic heterocycles. The molecular formula is C21H21ClN2O2S. The van der Waals surface area contributed by atoms with Crippen molar-refractivity contribution < 1.29 is 9.53 Å². The maximum absolute atomic E-state index is 12.4. The molecule has 27 heavy (non-hydrogen) atoms. The molecule has 0 atom stereocenters. The Labute approximate surface area is 167 Å². The molecule has 0 amide bonds. The molecule has 0 spiro atoms. The Morgan fingerprint density at radius 2 is 1.96 bits per heavy atom. The highest BCUT2D eigenvalue weighted by molar-refractivity contribution is 7.21. The summed E-state index contributed by atoms with van der Waals surface area (Å²) in [6, 6.07) is 7.81. The van der Waals surface area contributed by atoms with E-state index in [-0.39, 0.29) is 5.97 Å². The zero-order chi connectivity index (χ0) is 19.0. The number of aryl methyl sites for hydroxylation is 1. The van der Waals surface area contributed by atoms with Crippen LogP contribution in [0.2, 0.25) is 5.02 Å². The molecular weight excluding hydrogens is 380 g/mol. The number of rotatable bonds is 3. The summed E-state index contributed by atoms with van der Waals surface area (Å²) in [6.45, 7) is 2.11. The number of benzene rings is 1. The number of ether oxygens (including phenoxy) is 1.